The number of rotatable bonds is 5. The predicted octanol–water partition coefficient (Wildman–Crippen LogP) is 6.25. The van der Waals surface area contributed by atoms with E-state index >= 15 is 4.39 Å². The van der Waals surface area contributed by atoms with E-state index < -0.39 is 17.5 Å². The van der Waals surface area contributed by atoms with Crippen LogP contribution in [-0.4, -0.2) is 30.8 Å². The molecule has 1 amide bonds. The van der Waals surface area contributed by atoms with Gasteiger partial charge in [0.15, 0.2) is 17.3 Å². The zero-order chi connectivity index (χ0) is 21.1. The molecule has 2 aromatic carbocycles. The highest BCUT2D eigenvalue weighted by Crippen LogP contribution is 2.40. The standard InChI is InChI=1S/C20H22ClFINO4/c1-20(2,3)28-19(25)24(4)11-12-10-15(23)17(18(26-5)16(12)22)27-14-8-6-13(21)7-9-14/h6-10H,11H2,1-5H3. The normalized spacial score (nSPS) is 11.1. The monoisotopic (exact) mass is 521 g/mol. The topological polar surface area (TPSA) is 48.0 Å². The number of ether oxygens (including phenoxy) is 3. The summed E-state index contributed by atoms with van der Waals surface area (Å²) in [5.41, 5.74) is -0.343. The van der Waals surface area contributed by atoms with Gasteiger partial charge in [-0.25, -0.2) is 9.18 Å². The fraction of sp³-hybridized carbons (Fsp3) is 0.350. The van der Waals surface area contributed by atoms with E-state index in [1.165, 1.54) is 12.0 Å². The van der Waals surface area contributed by atoms with Crippen molar-refractivity contribution in [3.63, 3.8) is 0 Å². The molecule has 0 N–H and O–H groups in total. The Morgan fingerprint density at radius 3 is 2.36 bits per heavy atom. The summed E-state index contributed by atoms with van der Waals surface area (Å²) in [4.78, 5) is 13.5. The van der Waals surface area contributed by atoms with Crippen LogP contribution in [0.15, 0.2) is 30.3 Å². The molecule has 5 nitrogen and oxygen atoms in total. The smallest absolute Gasteiger partial charge is 0.410 e. The maximum absolute atomic E-state index is 15.0. The van der Waals surface area contributed by atoms with Crippen LogP contribution in [0, 0.1) is 9.39 Å². The molecule has 0 aliphatic rings. The van der Waals surface area contributed by atoms with Gasteiger partial charge in [0.05, 0.1) is 17.2 Å². The van der Waals surface area contributed by atoms with E-state index in [0.717, 1.165) is 0 Å². The van der Waals surface area contributed by atoms with Gasteiger partial charge in [-0.05, 0) is 73.7 Å². The molecule has 0 bridgehead atoms. The summed E-state index contributed by atoms with van der Waals surface area (Å²) in [6.07, 6.45) is -0.539. The number of hydrogen-bond donors (Lipinski definition) is 0. The van der Waals surface area contributed by atoms with Crippen LogP contribution in [-0.2, 0) is 11.3 Å². The first-order chi connectivity index (χ1) is 13.0. The van der Waals surface area contributed by atoms with Crippen molar-refractivity contribution in [2.45, 2.75) is 32.9 Å². The highest BCUT2D eigenvalue weighted by Gasteiger charge is 2.24. The van der Waals surface area contributed by atoms with Gasteiger partial charge in [-0.15, -0.1) is 0 Å². The Morgan fingerprint density at radius 2 is 1.82 bits per heavy atom. The minimum Gasteiger partial charge on any atom is -0.490 e. The van der Waals surface area contributed by atoms with Crippen molar-refractivity contribution in [1.29, 1.82) is 0 Å². The van der Waals surface area contributed by atoms with Crippen LogP contribution >= 0.6 is 34.2 Å². The molecule has 0 saturated heterocycles. The highest BCUT2D eigenvalue weighted by molar-refractivity contribution is 14.1. The Balaban J connectivity index is 2.29. The Bertz CT molecular complexity index is 853. The van der Waals surface area contributed by atoms with Gasteiger partial charge in [0.2, 0.25) is 0 Å². The van der Waals surface area contributed by atoms with Crippen molar-refractivity contribution in [3.8, 4) is 17.2 Å². The van der Waals surface area contributed by atoms with Gasteiger partial charge >= 0.3 is 6.09 Å². The Morgan fingerprint density at radius 1 is 1.21 bits per heavy atom. The number of hydrogen-bond acceptors (Lipinski definition) is 4. The lowest BCUT2D eigenvalue weighted by Crippen LogP contribution is -2.34. The van der Waals surface area contributed by atoms with E-state index in [9.17, 15) is 4.79 Å². The predicted molar refractivity (Wildman–Crippen MR) is 115 cm³/mol. The maximum atomic E-state index is 15.0. The third kappa shape index (κ3) is 5.88. The average molecular weight is 522 g/mol. The minimum absolute atomic E-state index is 0.0222. The molecule has 0 heterocycles. The van der Waals surface area contributed by atoms with Crippen molar-refractivity contribution in [2.75, 3.05) is 14.2 Å². The zero-order valence-corrected chi connectivity index (χ0v) is 19.2. The number of halogens is 3. The second-order valence-electron chi connectivity index (χ2n) is 7.09. The number of amides is 1. The van der Waals surface area contributed by atoms with Crippen molar-refractivity contribution in [1.82, 2.24) is 4.90 Å². The third-order valence-electron chi connectivity index (χ3n) is 3.56. The minimum atomic E-state index is -0.633. The number of methoxy groups -OCH3 is 1. The lowest BCUT2D eigenvalue weighted by atomic mass is 10.1. The summed E-state index contributed by atoms with van der Waals surface area (Å²) >= 11 is 7.92. The van der Waals surface area contributed by atoms with Gasteiger partial charge in [-0.3, -0.25) is 0 Å². The number of carbonyl (C=O) groups excluding carboxylic acids is 1. The van der Waals surface area contributed by atoms with Crippen LogP contribution < -0.4 is 9.47 Å². The molecule has 0 atom stereocenters. The molecular formula is C20H22ClFINO4. The van der Waals surface area contributed by atoms with Gasteiger partial charge in [-0.2, -0.15) is 0 Å². The Kier molecular flexibility index (Phi) is 7.39. The molecule has 2 aromatic rings. The lowest BCUT2D eigenvalue weighted by Gasteiger charge is -2.25. The molecule has 0 unspecified atom stereocenters. The first-order valence-corrected chi connectivity index (χ1v) is 9.90. The van der Waals surface area contributed by atoms with Crippen LogP contribution in [0.1, 0.15) is 26.3 Å². The first kappa shape index (κ1) is 22.5. The molecule has 2 rings (SSSR count). The van der Waals surface area contributed by atoms with Gasteiger partial charge in [0.25, 0.3) is 0 Å². The van der Waals surface area contributed by atoms with E-state index in [-0.39, 0.29) is 23.6 Å². The molecule has 0 aliphatic carbocycles. The van der Waals surface area contributed by atoms with E-state index in [4.69, 9.17) is 25.8 Å². The van der Waals surface area contributed by atoms with E-state index in [2.05, 4.69) is 0 Å². The van der Waals surface area contributed by atoms with Gasteiger partial charge < -0.3 is 19.1 Å². The molecule has 0 spiro atoms. The average Bonchev–Trinajstić information content (AvgIpc) is 2.59. The third-order valence-corrected chi connectivity index (χ3v) is 4.61. The van der Waals surface area contributed by atoms with Gasteiger partial charge in [0, 0.05) is 17.6 Å². The zero-order valence-electron chi connectivity index (χ0n) is 16.3. The Labute approximate surface area is 182 Å². The van der Waals surface area contributed by atoms with Crippen LogP contribution in [0.25, 0.3) is 0 Å². The molecule has 0 radical (unpaired) electrons. The fourth-order valence-corrected chi connectivity index (χ4v) is 3.17. The SMILES string of the molecule is COc1c(F)c(CN(C)C(=O)OC(C)(C)C)cc(I)c1Oc1ccc(Cl)cc1. The summed E-state index contributed by atoms with van der Waals surface area (Å²) in [6.45, 7) is 5.34. The van der Waals surface area contributed by atoms with Gasteiger partial charge in [-0.1, -0.05) is 11.6 Å². The van der Waals surface area contributed by atoms with Crippen LogP contribution in [0.3, 0.4) is 0 Å². The molecule has 0 fully saturated rings. The number of carbonyl (C=O) groups is 1. The number of nitrogens with zero attached hydrogens (tertiary/aromatic N) is 1. The summed E-state index contributed by atoms with van der Waals surface area (Å²) in [5.74, 6) is 0.127. The van der Waals surface area contributed by atoms with Gasteiger partial charge in [0.1, 0.15) is 11.4 Å². The summed E-state index contributed by atoms with van der Waals surface area (Å²) in [6, 6.07) is 8.33. The van der Waals surface area contributed by atoms with Crippen molar-refractivity contribution in [3.05, 3.63) is 50.3 Å². The second kappa shape index (κ2) is 9.17. The van der Waals surface area contributed by atoms with Crippen molar-refractivity contribution >= 4 is 40.3 Å². The van der Waals surface area contributed by atoms with Crippen LogP contribution in [0.4, 0.5) is 9.18 Å². The van der Waals surface area contributed by atoms with E-state index in [1.54, 1.807) is 58.2 Å². The molecular weight excluding hydrogens is 500 g/mol. The summed E-state index contributed by atoms with van der Waals surface area (Å²) in [7, 11) is 2.91. The molecule has 152 valence electrons. The lowest BCUT2D eigenvalue weighted by molar-refractivity contribution is 0.0283. The highest BCUT2D eigenvalue weighted by atomic mass is 127. The largest absolute Gasteiger partial charge is 0.490 e. The molecule has 0 aromatic heterocycles. The summed E-state index contributed by atoms with van der Waals surface area (Å²) in [5, 5.41) is 0.570. The van der Waals surface area contributed by atoms with Crippen LogP contribution in [0.2, 0.25) is 5.02 Å². The number of benzene rings is 2. The van der Waals surface area contributed by atoms with E-state index in [0.29, 0.717) is 14.3 Å². The summed E-state index contributed by atoms with van der Waals surface area (Å²) < 4.78 is 32.0. The molecule has 8 heteroatoms. The fourth-order valence-electron chi connectivity index (χ4n) is 2.31. The Hall–Kier alpha value is -1.74. The van der Waals surface area contributed by atoms with Crippen molar-refractivity contribution in [2.24, 2.45) is 0 Å². The molecule has 0 aliphatic heterocycles. The second-order valence-corrected chi connectivity index (χ2v) is 8.68. The molecule has 28 heavy (non-hydrogen) atoms. The van der Waals surface area contributed by atoms with Crippen LogP contribution in [0.5, 0.6) is 17.2 Å². The van der Waals surface area contributed by atoms with Crippen molar-refractivity contribution < 1.29 is 23.4 Å². The molecule has 0 saturated carbocycles. The van der Waals surface area contributed by atoms with E-state index in [1.807, 2.05) is 22.6 Å². The first-order valence-electron chi connectivity index (χ1n) is 8.44. The maximum Gasteiger partial charge on any atom is 0.410 e. The quantitative estimate of drug-likeness (QED) is 0.436.